The smallest absolute Gasteiger partial charge is 0.233 e. The summed E-state index contributed by atoms with van der Waals surface area (Å²) in [7, 11) is 1.65. The lowest BCUT2D eigenvalue weighted by atomic mass is 10.3. The predicted molar refractivity (Wildman–Crippen MR) is 77.9 cm³/mol. The molecular formula is C14H20N2O2S. The Morgan fingerprint density at radius 1 is 1.53 bits per heavy atom. The minimum Gasteiger partial charge on any atom is -0.384 e. The van der Waals surface area contributed by atoms with E-state index in [0.717, 1.165) is 24.4 Å². The normalized spacial score (nSPS) is 10.1. The number of aliphatic hydroxyl groups is 1. The van der Waals surface area contributed by atoms with E-state index in [4.69, 9.17) is 5.11 Å². The zero-order chi connectivity index (χ0) is 14.1. The first kappa shape index (κ1) is 15.7. The van der Waals surface area contributed by atoms with Gasteiger partial charge in [-0.05, 0) is 25.1 Å². The highest BCUT2D eigenvalue weighted by Crippen LogP contribution is 2.17. The molecule has 1 aromatic rings. The van der Waals surface area contributed by atoms with Crippen molar-refractivity contribution in [3.8, 4) is 11.8 Å². The summed E-state index contributed by atoms with van der Waals surface area (Å²) >= 11 is 1.60. The Morgan fingerprint density at radius 3 is 2.95 bits per heavy atom. The van der Waals surface area contributed by atoms with Crippen LogP contribution in [0.1, 0.15) is 23.1 Å². The first-order valence-corrected chi connectivity index (χ1v) is 7.12. The van der Waals surface area contributed by atoms with Gasteiger partial charge in [-0.15, -0.1) is 11.3 Å². The Labute approximate surface area is 118 Å². The van der Waals surface area contributed by atoms with Gasteiger partial charge in [-0.2, -0.15) is 0 Å². The van der Waals surface area contributed by atoms with Crippen molar-refractivity contribution in [3.63, 3.8) is 0 Å². The van der Waals surface area contributed by atoms with Crippen molar-refractivity contribution in [1.29, 1.82) is 0 Å². The topological polar surface area (TPSA) is 52.6 Å². The number of nitrogens with zero attached hydrogens (tertiary/aromatic N) is 1. The molecule has 0 atom stereocenters. The van der Waals surface area contributed by atoms with Gasteiger partial charge in [0.2, 0.25) is 5.91 Å². The fourth-order valence-electron chi connectivity index (χ4n) is 1.69. The zero-order valence-corrected chi connectivity index (χ0v) is 12.2. The third-order valence-corrected chi connectivity index (χ3v) is 3.50. The van der Waals surface area contributed by atoms with Crippen LogP contribution in [0.5, 0.6) is 0 Å². The van der Waals surface area contributed by atoms with Crippen LogP contribution >= 0.6 is 11.3 Å². The van der Waals surface area contributed by atoms with Crippen LogP contribution in [0.15, 0.2) is 12.1 Å². The quantitative estimate of drug-likeness (QED) is 0.766. The molecule has 0 unspecified atom stereocenters. The van der Waals surface area contributed by atoms with E-state index in [9.17, 15) is 4.79 Å². The molecule has 104 valence electrons. The minimum atomic E-state index is -0.119. The van der Waals surface area contributed by atoms with E-state index < -0.39 is 0 Å². The average molecular weight is 280 g/mol. The maximum absolute atomic E-state index is 11.4. The van der Waals surface area contributed by atoms with Gasteiger partial charge in [0.25, 0.3) is 0 Å². The molecule has 0 aliphatic rings. The molecule has 0 saturated carbocycles. The second-order valence-corrected chi connectivity index (χ2v) is 5.28. The minimum absolute atomic E-state index is 0.0327. The standard InChI is InChI=1S/C14H20N2O2S/c1-3-8-16(11-14(18)15-2)10-13-7-6-12(19-13)5-4-9-17/h6-7,17H,3,8-11H2,1-2H3,(H,15,18). The molecule has 2 N–H and O–H groups in total. The van der Waals surface area contributed by atoms with Crippen LogP contribution in [-0.4, -0.2) is 42.7 Å². The molecule has 1 rings (SSSR count). The van der Waals surface area contributed by atoms with E-state index in [1.165, 1.54) is 4.88 Å². The Morgan fingerprint density at radius 2 is 2.32 bits per heavy atom. The second-order valence-electron chi connectivity index (χ2n) is 4.11. The number of aliphatic hydroxyl groups excluding tert-OH is 1. The number of hydrogen-bond acceptors (Lipinski definition) is 4. The summed E-state index contributed by atoms with van der Waals surface area (Å²) in [6.45, 7) is 4.05. The van der Waals surface area contributed by atoms with Gasteiger partial charge in [-0.25, -0.2) is 0 Å². The number of nitrogens with one attached hydrogen (secondary N) is 1. The van der Waals surface area contributed by atoms with Crippen molar-refractivity contribution < 1.29 is 9.90 Å². The van der Waals surface area contributed by atoms with Gasteiger partial charge in [-0.1, -0.05) is 18.8 Å². The number of amides is 1. The van der Waals surface area contributed by atoms with Crippen molar-refractivity contribution in [2.45, 2.75) is 19.9 Å². The summed E-state index contributed by atoms with van der Waals surface area (Å²) in [5.41, 5.74) is 0. The van der Waals surface area contributed by atoms with Crippen LogP contribution < -0.4 is 5.32 Å². The SMILES string of the molecule is CCCN(CC(=O)NC)Cc1ccc(C#CCO)s1. The van der Waals surface area contributed by atoms with Crippen LogP contribution in [0.2, 0.25) is 0 Å². The molecule has 0 radical (unpaired) electrons. The summed E-state index contributed by atoms with van der Waals surface area (Å²) in [5.74, 6) is 5.56. The van der Waals surface area contributed by atoms with Crippen LogP contribution in [0.3, 0.4) is 0 Å². The molecule has 0 spiro atoms. The van der Waals surface area contributed by atoms with Crippen LogP contribution in [-0.2, 0) is 11.3 Å². The molecule has 0 aliphatic carbocycles. The Hall–Kier alpha value is -1.35. The summed E-state index contributed by atoms with van der Waals surface area (Å²) in [4.78, 5) is 15.7. The molecule has 0 saturated heterocycles. The van der Waals surface area contributed by atoms with Crippen LogP contribution in [0, 0.1) is 11.8 Å². The van der Waals surface area contributed by atoms with Crippen molar-refractivity contribution in [3.05, 3.63) is 21.9 Å². The van der Waals surface area contributed by atoms with E-state index in [0.29, 0.717) is 6.54 Å². The summed E-state index contributed by atoms with van der Waals surface area (Å²) in [6.07, 6.45) is 1.01. The highest BCUT2D eigenvalue weighted by molar-refractivity contribution is 7.12. The molecule has 1 amide bonds. The molecule has 5 heteroatoms. The number of rotatable bonds is 6. The fraction of sp³-hybridized carbons (Fsp3) is 0.500. The number of hydrogen-bond donors (Lipinski definition) is 2. The summed E-state index contributed by atoms with van der Waals surface area (Å²) < 4.78 is 0. The number of thiophene rings is 1. The van der Waals surface area contributed by atoms with E-state index in [2.05, 4.69) is 29.0 Å². The molecule has 1 heterocycles. The number of carbonyl (C=O) groups is 1. The Bertz CT molecular complexity index is 460. The molecule has 0 aromatic carbocycles. The predicted octanol–water partition coefficient (Wildman–Crippen LogP) is 1.05. The first-order valence-electron chi connectivity index (χ1n) is 6.31. The van der Waals surface area contributed by atoms with Gasteiger partial charge in [0.1, 0.15) is 6.61 Å². The van der Waals surface area contributed by atoms with Crippen molar-refractivity contribution >= 4 is 17.2 Å². The average Bonchev–Trinajstić information content (AvgIpc) is 2.84. The van der Waals surface area contributed by atoms with Gasteiger partial charge < -0.3 is 10.4 Å². The van der Waals surface area contributed by atoms with E-state index >= 15 is 0 Å². The van der Waals surface area contributed by atoms with Gasteiger partial charge >= 0.3 is 0 Å². The van der Waals surface area contributed by atoms with Gasteiger partial charge in [0, 0.05) is 18.5 Å². The van der Waals surface area contributed by atoms with Gasteiger partial charge in [-0.3, -0.25) is 9.69 Å². The van der Waals surface area contributed by atoms with Gasteiger partial charge in [0.05, 0.1) is 11.4 Å². The Balaban J connectivity index is 2.62. The maximum Gasteiger partial charge on any atom is 0.233 e. The molecule has 19 heavy (non-hydrogen) atoms. The lowest BCUT2D eigenvalue weighted by Gasteiger charge is -2.19. The zero-order valence-electron chi connectivity index (χ0n) is 11.4. The van der Waals surface area contributed by atoms with Gasteiger partial charge in [0.15, 0.2) is 0 Å². The molecule has 4 nitrogen and oxygen atoms in total. The largest absolute Gasteiger partial charge is 0.384 e. The second kappa shape index (κ2) is 8.70. The highest BCUT2D eigenvalue weighted by Gasteiger charge is 2.10. The molecule has 0 bridgehead atoms. The lowest BCUT2D eigenvalue weighted by Crippen LogP contribution is -2.35. The van der Waals surface area contributed by atoms with Crippen molar-refractivity contribution in [1.82, 2.24) is 10.2 Å². The third-order valence-electron chi connectivity index (χ3n) is 2.52. The number of carbonyl (C=O) groups excluding carboxylic acids is 1. The summed E-state index contributed by atoms with van der Waals surface area (Å²) in [5, 5.41) is 11.3. The third kappa shape index (κ3) is 5.88. The van der Waals surface area contributed by atoms with Crippen molar-refractivity contribution in [2.24, 2.45) is 0 Å². The number of likely N-dealkylation sites (N-methyl/N-ethyl adjacent to an activating group) is 1. The molecule has 0 aliphatic heterocycles. The van der Waals surface area contributed by atoms with Crippen molar-refractivity contribution in [2.75, 3.05) is 26.7 Å². The van der Waals surface area contributed by atoms with Crippen LogP contribution in [0.25, 0.3) is 0 Å². The van der Waals surface area contributed by atoms with E-state index in [1.54, 1.807) is 18.4 Å². The first-order chi connectivity index (χ1) is 9.19. The lowest BCUT2D eigenvalue weighted by molar-refractivity contribution is -0.121. The fourth-order valence-corrected chi connectivity index (χ4v) is 2.61. The van der Waals surface area contributed by atoms with E-state index in [-0.39, 0.29) is 12.5 Å². The highest BCUT2D eigenvalue weighted by atomic mass is 32.1. The molecule has 0 fully saturated rings. The monoisotopic (exact) mass is 280 g/mol. The maximum atomic E-state index is 11.4. The summed E-state index contributed by atoms with van der Waals surface area (Å²) in [6, 6.07) is 3.98. The molecular weight excluding hydrogens is 260 g/mol. The molecule has 1 aromatic heterocycles. The Kier molecular flexibility index (Phi) is 7.19. The van der Waals surface area contributed by atoms with Crippen LogP contribution in [0.4, 0.5) is 0 Å². The van der Waals surface area contributed by atoms with E-state index in [1.807, 2.05) is 12.1 Å².